The monoisotopic (exact) mass is 426 g/mol. The summed E-state index contributed by atoms with van der Waals surface area (Å²) in [7, 11) is 3.74. The van der Waals surface area contributed by atoms with Crippen molar-refractivity contribution in [1.29, 1.82) is 0 Å². The highest BCUT2D eigenvalue weighted by molar-refractivity contribution is 8.76. The molecular formula is C28H26S2. The maximum absolute atomic E-state index is 2.25. The lowest BCUT2D eigenvalue weighted by atomic mass is 9.98. The van der Waals surface area contributed by atoms with Gasteiger partial charge in [-0.3, -0.25) is 0 Å². The summed E-state index contributed by atoms with van der Waals surface area (Å²) in [5.41, 5.74) is 8.12. The zero-order valence-corrected chi connectivity index (χ0v) is 19.1. The first-order valence-corrected chi connectivity index (χ1v) is 12.7. The second kappa shape index (κ2) is 10.1. The van der Waals surface area contributed by atoms with Gasteiger partial charge >= 0.3 is 0 Å². The van der Waals surface area contributed by atoms with E-state index in [9.17, 15) is 0 Å². The minimum Gasteiger partial charge on any atom is -0.0622 e. The van der Waals surface area contributed by atoms with Crippen molar-refractivity contribution >= 4 is 21.6 Å². The first-order chi connectivity index (χ1) is 14.8. The topological polar surface area (TPSA) is 0 Å². The molecular weight excluding hydrogens is 400 g/mol. The van der Waals surface area contributed by atoms with Gasteiger partial charge in [-0.2, -0.15) is 0 Å². The average molecular weight is 427 g/mol. The fourth-order valence-electron chi connectivity index (χ4n) is 3.84. The molecule has 0 aliphatic carbocycles. The molecule has 0 heterocycles. The third-order valence-corrected chi connectivity index (χ3v) is 7.78. The van der Waals surface area contributed by atoms with Crippen LogP contribution in [0.3, 0.4) is 0 Å². The van der Waals surface area contributed by atoms with Crippen LogP contribution in [0, 0.1) is 0 Å². The van der Waals surface area contributed by atoms with Crippen molar-refractivity contribution < 1.29 is 0 Å². The number of aryl methyl sites for hydroxylation is 2. The number of hydrogen-bond donors (Lipinski definition) is 0. The van der Waals surface area contributed by atoms with E-state index < -0.39 is 0 Å². The van der Waals surface area contributed by atoms with Crippen LogP contribution >= 0.6 is 21.6 Å². The Morgan fingerprint density at radius 3 is 1.23 bits per heavy atom. The Bertz CT molecular complexity index is 1010. The highest BCUT2D eigenvalue weighted by Gasteiger charge is 2.14. The molecule has 4 aromatic carbocycles. The van der Waals surface area contributed by atoms with Gasteiger partial charge in [-0.05, 0) is 58.4 Å². The molecule has 30 heavy (non-hydrogen) atoms. The van der Waals surface area contributed by atoms with Gasteiger partial charge in [-0.1, -0.05) is 120 Å². The summed E-state index contributed by atoms with van der Waals surface area (Å²) >= 11 is 0. The van der Waals surface area contributed by atoms with E-state index in [1.54, 1.807) is 0 Å². The van der Waals surface area contributed by atoms with Gasteiger partial charge in [-0.15, -0.1) is 0 Å². The normalized spacial score (nSPS) is 10.9. The standard InChI is InChI=1S/C28H26S2/c1-3-21-17-11-19-25(27(21)23-13-7-5-8-14-23)29-30-26-20-12-18-22(4-2)28(26)24-15-9-6-10-16-24/h5-20H,3-4H2,1-2H3. The van der Waals surface area contributed by atoms with Crippen molar-refractivity contribution in [2.75, 3.05) is 0 Å². The van der Waals surface area contributed by atoms with Crippen LogP contribution in [0.25, 0.3) is 22.3 Å². The highest BCUT2D eigenvalue weighted by atomic mass is 33.1. The summed E-state index contributed by atoms with van der Waals surface area (Å²) in [5.74, 6) is 0. The molecule has 150 valence electrons. The Balaban J connectivity index is 1.72. The maximum Gasteiger partial charge on any atom is 0.0267 e. The molecule has 0 radical (unpaired) electrons. The van der Waals surface area contributed by atoms with Gasteiger partial charge in [0.25, 0.3) is 0 Å². The molecule has 0 N–H and O–H groups in total. The van der Waals surface area contributed by atoms with Crippen LogP contribution in [0.15, 0.2) is 107 Å². The smallest absolute Gasteiger partial charge is 0.0267 e. The zero-order valence-electron chi connectivity index (χ0n) is 17.5. The SMILES string of the molecule is CCc1cccc(SSc2cccc(CC)c2-c2ccccc2)c1-c1ccccc1. The summed E-state index contributed by atoms with van der Waals surface area (Å²) in [6, 6.07) is 34.9. The van der Waals surface area contributed by atoms with Gasteiger partial charge in [-0.25, -0.2) is 0 Å². The summed E-state index contributed by atoms with van der Waals surface area (Å²) < 4.78 is 0. The Labute approximate surface area is 188 Å². The first-order valence-electron chi connectivity index (χ1n) is 10.5. The lowest BCUT2D eigenvalue weighted by Crippen LogP contribution is -1.91. The molecule has 4 aromatic rings. The number of hydrogen-bond acceptors (Lipinski definition) is 2. The van der Waals surface area contributed by atoms with Gasteiger partial charge in [0.1, 0.15) is 0 Å². The van der Waals surface area contributed by atoms with E-state index in [-0.39, 0.29) is 0 Å². The van der Waals surface area contributed by atoms with E-state index in [2.05, 4.69) is 111 Å². The van der Waals surface area contributed by atoms with Gasteiger partial charge in [0.05, 0.1) is 0 Å². The van der Waals surface area contributed by atoms with Crippen molar-refractivity contribution in [2.24, 2.45) is 0 Å². The Hall–Kier alpha value is -2.42. The molecule has 0 aliphatic rings. The lowest BCUT2D eigenvalue weighted by Gasteiger charge is -2.16. The van der Waals surface area contributed by atoms with Gasteiger partial charge in [0.15, 0.2) is 0 Å². The fourth-order valence-corrected chi connectivity index (χ4v) is 6.32. The van der Waals surface area contributed by atoms with E-state index in [0.717, 1.165) is 12.8 Å². The Kier molecular flexibility index (Phi) is 6.99. The maximum atomic E-state index is 2.25. The molecule has 0 fully saturated rings. The molecule has 0 nitrogen and oxygen atoms in total. The van der Waals surface area contributed by atoms with Crippen molar-refractivity contribution in [3.05, 3.63) is 108 Å². The first kappa shape index (κ1) is 20.8. The van der Waals surface area contributed by atoms with Crippen molar-refractivity contribution in [3.63, 3.8) is 0 Å². The predicted molar refractivity (Wildman–Crippen MR) is 134 cm³/mol. The molecule has 0 saturated heterocycles. The molecule has 4 rings (SSSR count). The predicted octanol–water partition coefficient (Wildman–Crippen LogP) is 8.94. The van der Waals surface area contributed by atoms with Crippen LogP contribution in [0.1, 0.15) is 25.0 Å². The summed E-state index contributed by atoms with van der Waals surface area (Å²) in [6.45, 7) is 4.48. The van der Waals surface area contributed by atoms with E-state index in [0.29, 0.717) is 0 Å². The molecule has 0 bridgehead atoms. The van der Waals surface area contributed by atoms with Crippen LogP contribution in [-0.4, -0.2) is 0 Å². The quantitative estimate of drug-likeness (QED) is 0.270. The van der Waals surface area contributed by atoms with Crippen LogP contribution < -0.4 is 0 Å². The third kappa shape index (κ3) is 4.50. The van der Waals surface area contributed by atoms with Gasteiger partial charge in [0, 0.05) is 9.79 Å². The molecule has 0 spiro atoms. The zero-order chi connectivity index (χ0) is 20.8. The lowest BCUT2D eigenvalue weighted by molar-refractivity contribution is 1.13. The van der Waals surface area contributed by atoms with Crippen molar-refractivity contribution in [3.8, 4) is 22.3 Å². The average Bonchev–Trinajstić information content (AvgIpc) is 2.83. The van der Waals surface area contributed by atoms with E-state index in [4.69, 9.17) is 0 Å². The van der Waals surface area contributed by atoms with E-state index in [1.165, 1.54) is 43.2 Å². The van der Waals surface area contributed by atoms with Crippen LogP contribution in [0.5, 0.6) is 0 Å². The summed E-state index contributed by atoms with van der Waals surface area (Å²) in [5, 5.41) is 0. The van der Waals surface area contributed by atoms with E-state index in [1.807, 2.05) is 21.6 Å². The molecule has 0 aliphatic heterocycles. The second-order valence-electron chi connectivity index (χ2n) is 7.19. The minimum atomic E-state index is 1.03. The Morgan fingerprint density at radius 1 is 0.467 bits per heavy atom. The second-order valence-corrected chi connectivity index (χ2v) is 9.40. The molecule has 0 amide bonds. The largest absolute Gasteiger partial charge is 0.0622 e. The van der Waals surface area contributed by atoms with Crippen LogP contribution in [-0.2, 0) is 12.8 Å². The summed E-state index contributed by atoms with van der Waals surface area (Å²) in [6.07, 6.45) is 2.06. The molecule has 0 unspecified atom stereocenters. The van der Waals surface area contributed by atoms with Crippen molar-refractivity contribution in [2.45, 2.75) is 36.5 Å². The molecule has 0 atom stereocenters. The van der Waals surface area contributed by atoms with Crippen LogP contribution in [0.2, 0.25) is 0 Å². The highest BCUT2D eigenvalue weighted by Crippen LogP contribution is 2.47. The number of benzene rings is 4. The summed E-state index contributed by atoms with van der Waals surface area (Å²) in [4.78, 5) is 2.65. The third-order valence-electron chi connectivity index (χ3n) is 5.33. The number of rotatable bonds is 7. The molecule has 0 saturated carbocycles. The van der Waals surface area contributed by atoms with E-state index >= 15 is 0 Å². The molecule has 0 aromatic heterocycles. The Morgan fingerprint density at radius 2 is 0.867 bits per heavy atom. The fraction of sp³-hybridized carbons (Fsp3) is 0.143. The van der Waals surface area contributed by atoms with Gasteiger partial charge in [0.2, 0.25) is 0 Å². The van der Waals surface area contributed by atoms with Crippen molar-refractivity contribution in [1.82, 2.24) is 0 Å². The molecule has 2 heteroatoms. The van der Waals surface area contributed by atoms with Crippen LogP contribution in [0.4, 0.5) is 0 Å². The minimum absolute atomic E-state index is 1.03. The van der Waals surface area contributed by atoms with Gasteiger partial charge < -0.3 is 0 Å².